The van der Waals surface area contributed by atoms with E-state index >= 15 is 0 Å². The number of amides is 1. The molecule has 0 atom stereocenters. The number of carbonyl (C=O) groups is 2. The van der Waals surface area contributed by atoms with Crippen LogP contribution in [-0.2, 0) is 0 Å². The molecule has 1 N–H and O–H groups in total. The Labute approximate surface area is 171 Å². The van der Waals surface area contributed by atoms with Crippen molar-refractivity contribution in [1.29, 1.82) is 0 Å². The molecule has 1 heterocycles. The number of aromatic nitrogens is 1. The average molecular weight is 403 g/mol. The monoisotopic (exact) mass is 402 g/mol. The van der Waals surface area contributed by atoms with E-state index < -0.39 is 5.97 Å². The van der Waals surface area contributed by atoms with Crippen LogP contribution in [0.25, 0.3) is 10.9 Å². The zero-order chi connectivity index (χ0) is 20.2. The lowest BCUT2D eigenvalue weighted by molar-refractivity contribution is 0.0737. The molecule has 0 aliphatic rings. The van der Waals surface area contributed by atoms with E-state index in [-0.39, 0.29) is 5.91 Å². The minimum atomic E-state index is -0.466. The third kappa shape index (κ3) is 4.10. The molecule has 0 aliphatic heterocycles. The first-order chi connectivity index (χ1) is 14.1. The van der Waals surface area contributed by atoms with Gasteiger partial charge in [-0.25, -0.2) is 4.79 Å². The highest BCUT2D eigenvalue weighted by molar-refractivity contribution is 6.31. The van der Waals surface area contributed by atoms with Crippen LogP contribution in [0.15, 0.2) is 85.1 Å². The third-order valence-corrected chi connectivity index (χ3v) is 4.51. The van der Waals surface area contributed by atoms with Gasteiger partial charge in [-0.3, -0.25) is 9.78 Å². The van der Waals surface area contributed by atoms with Crippen molar-refractivity contribution in [3.63, 3.8) is 0 Å². The fraction of sp³-hybridized carbons (Fsp3) is 0. The van der Waals surface area contributed by atoms with Crippen molar-refractivity contribution in [1.82, 2.24) is 4.98 Å². The summed E-state index contributed by atoms with van der Waals surface area (Å²) in [5.41, 5.74) is 1.90. The van der Waals surface area contributed by atoms with Crippen LogP contribution in [0.4, 0.5) is 5.69 Å². The summed E-state index contributed by atoms with van der Waals surface area (Å²) in [6, 6.07) is 22.2. The fourth-order valence-corrected chi connectivity index (χ4v) is 3.08. The molecule has 4 rings (SSSR count). The van der Waals surface area contributed by atoms with E-state index in [0.29, 0.717) is 38.5 Å². The molecule has 0 aliphatic carbocycles. The maximum Gasteiger partial charge on any atom is 0.343 e. The van der Waals surface area contributed by atoms with Crippen LogP contribution >= 0.6 is 11.6 Å². The van der Waals surface area contributed by atoms with E-state index in [2.05, 4.69) is 10.3 Å². The van der Waals surface area contributed by atoms with E-state index in [1.165, 1.54) is 0 Å². The van der Waals surface area contributed by atoms with Gasteiger partial charge in [-0.15, -0.1) is 0 Å². The summed E-state index contributed by atoms with van der Waals surface area (Å²) in [4.78, 5) is 29.3. The lowest BCUT2D eigenvalue weighted by Gasteiger charge is -2.12. The zero-order valence-electron chi connectivity index (χ0n) is 15.1. The van der Waals surface area contributed by atoms with Gasteiger partial charge in [-0.1, -0.05) is 35.9 Å². The number of fused-ring (bicyclic) bond motifs is 1. The molecule has 0 spiro atoms. The van der Waals surface area contributed by atoms with Gasteiger partial charge in [-0.2, -0.15) is 0 Å². The minimum Gasteiger partial charge on any atom is -0.422 e. The Morgan fingerprint density at radius 3 is 2.45 bits per heavy atom. The molecule has 1 aromatic heterocycles. The summed E-state index contributed by atoms with van der Waals surface area (Å²) < 4.78 is 5.56. The maximum atomic E-state index is 12.6. The zero-order valence-corrected chi connectivity index (χ0v) is 15.9. The first-order valence-corrected chi connectivity index (χ1v) is 9.21. The molecule has 0 fully saturated rings. The number of nitrogens with one attached hydrogen (secondary N) is 1. The van der Waals surface area contributed by atoms with Gasteiger partial charge in [0.05, 0.1) is 16.8 Å². The predicted molar refractivity (Wildman–Crippen MR) is 113 cm³/mol. The number of halogens is 1. The average Bonchev–Trinajstić information content (AvgIpc) is 2.76. The van der Waals surface area contributed by atoms with Crippen molar-refractivity contribution in [3.8, 4) is 5.75 Å². The predicted octanol–water partition coefficient (Wildman–Crippen LogP) is 5.36. The highest BCUT2D eigenvalue weighted by Crippen LogP contribution is 2.31. The first kappa shape index (κ1) is 18.7. The van der Waals surface area contributed by atoms with Gasteiger partial charge in [0.2, 0.25) is 0 Å². The molecular weight excluding hydrogens is 388 g/mol. The van der Waals surface area contributed by atoms with Gasteiger partial charge < -0.3 is 10.1 Å². The molecule has 4 aromatic rings. The van der Waals surface area contributed by atoms with E-state index in [1.807, 2.05) is 6.07 Å². The SMILES string of the molecule is O=C(Nc1ccc(OC(=O)c2ccccc2)c2cccnc12)c1cccc(Cl)c1. The largest absolute Gasteiger partial charge is 0.422 e. The standard InChI is InChI=1S/C23H15ClN2O3/c24-17-9-4-8-16(14-17)22(27)26-19-11-12-20(18-10-5-13-25-21(18)19)29-23(28)15-6-2-1-3-7-15/h1-14H,(H,26,27). The number of anilines is 1. The van der Waals surface area contributed by atoms with Crippen molar-refractivity contribution in [2.75, 3.05) is 5.32 Å². The van der Waals surface area contributed by atoms with Crippen molar-refractivity contribution in [2.24, 2.45) is 0 Å². The maximum absolute atomic E-state index is 12.6. The van der Waals surface area contributed by atoms with Gasteiger partial charge >= 0.3 is 5.97 Å². The van der Waals surface area contributed by atoms with Gasteiger partial charge in [0.15, 0.2) is 0 Å². The first-order valence-electron chi connectivity index (χ1n) is 8.84. The highest BCUT2D eigenvalue weighted by atomic mass is 35.5. The summed E-state index contributed by atoms with van der Waals surface area (Å²) in [7, 11) is 0. The molecule has 6 heteroatoms. The second-order valence-corrected chi connectivity index (χ2v) is 6.67. The highest BCUT2D eigenvalue weighted by Gasteiger charge is 2.15. The van der Waals surface area contributed by atoms with Crippen LogP contribution in [-0.4, -0.2) is 16.9 Å². The van der Waals surface area contributed by atoms with Gasteiger partial charge in [0.1, 0.15) is 5.75 Å². The number of carbonyl (C=O) groups excluding carboxylic acids is 2. The van der Waals surface area contributed by atoms with Gasteiger partial charge in [-0.05, 0) is 54.6 Å². The van der Waals surface area contributed by atoms with Crippen molar-refractivity contribution in [3.05, 3.63) is 101 Å². The summed E-state index contributed by atoms with van der Waals surface area (Å²) in [5, 5.41) is 3.93. The molecule has 0 radical (unpaired) electrons. The Bertz CT molecular complexity index is 1210. The third-order valence-electron chi connectivity index (χ3n) is 4.28. The van der Waals surface area contributed by atoms with Crippen molar-refractivity contribution >= 4 is 40.1 Å². The Balaban J connectivity index is 1.65. The quantitative estimate of drug-likeness (QED) is 0.368. The minimum absolute atomic E-state index is 0.312. The lowest BCUT2D eigenvalue weighted by Crippen LogP contribution is -2.13. The second-order valence-electron chi connectivity index (χ2n) is 6.23. The Morgan fingerprint density at radius 2 is 1.66 bits per heavy atom. The van der Waals surface area contributed by atoms with E-state index in [1.54, 1.807) is 79.0 Å². The fourth-order valence-electron chi connectivity index (χ4n) is 2.89. The van der Waals surface area contributed by atoms with E-state index in [9.17, 15) is 9.59 Å². The van der Waals surface area contributed by atoms with Crippen LogP contribution in [0, 0.1) is 0 Å². The number of benzene rings is 3. The molecule has 29 heavy (non-hydrogen) atoms. The van der Waals surface area contributed by atoms with Gasteiger partial charge in [0.25, 0.3) is 5.91 Å². The summed E-state index contributed by atoms with van der Waals surface area (Å²) >= 11 is 5.97. The molecule has 5 nitrogen and oxygen atoms in total. The van der Waals surface area contributed by atoms with Gasteiger partial charge in [0, 0.05) is 22.2 Å². The van der Waals surface area contributed by atoms with E-state index in [4.69, 9.17) is 16.3 Å². The molecule has 3 aromatic carbocycles. The number of ether oxygens (including phenoxy) is 1. The van der Waals surface area contributed by atoms with Crippen molar-refractivity contribution < 1.29 is 14.3 Å². The smallest absolute Gasteiger partial charge is 0.343 e. The van der Waals surface area contributed by atoms with Crippen LogP contribution < -0.4 is 10.1 Å². The Kier molecular flexibility index (Phi) is 5.22. The summed E-state index contributed by atoms with van der Waals surface area (Å²) in [5.74, 6) is -0.414. The summed E-state index contributed by atoms with van der Waals surface area (Å²) in [6.45, 7) is 0. The number of hydrogen-bond acceptors (Lipinski definition) is 4. The molecular formula is C23H15ClN2O3. The number of nitrogens with zero attached hydrogens (tertiary/aromatic N) is 1. The number of pyridine rings is 1. The Hall–Kier alpha value is -3.70. The molecule has 0 saturated carbocycles. The molecule has 0 unspecified atom stereocenters. The molecule has 0 bridgehead atoms. The molecule has 0 saturated heterocycles. The van der Waals surface area contributed by atoms with Crippen LogP contribution in [0.5, 0.6) is 5.75 Å². The van der Waals surface area contributed by atoms with Crippen molar-refractivity contribution in [2.45, 2.75) is 0 Å². The lowest BCUT2D eigenvalue weighted by atomic mass is 10.1. The van der Waals surface area contributed by atoms with Crippen LogP contribution in [0.3, 0.4) is 0 Å². The number of esters is 1. The molecule has 1 amide bonds. The topological polar surface area (TPSA) is 68.3 Å². The number of hydrogen-bond donors (Lipinski definition) is 1. The van der Waals surface area contributed by atoms with Crippen LogP contribution in [0.1, 0.15) is 20.7 Å². The second kappa shape index (κ2) is 8.12. The van der Waals surface area contributed by atoms with Crippen LogP contribution in [0.2, 0.25) is 5.02 Å². The number of rotatable bonds is 4. The molecule has 142 valence electrons. The Morgan fingerprint density at radius 1 is 0.862 bits per heavy atom. The van der Waals surface area contributed by atoms with E-state index in [0.717, 1.165) is 0 Å². The normalized spacial score (nSPS) is 10.5. The summed E-state index contributed by atoms with van der Waals surface area (Å²) in [6.07, 6.45) is 1.61.